The summed E-state index contributed by atoms with van der Waals surface area (Å²) in [6.07, 6.45) is -3.92. The SMILES string of the molecule is Cc1c(C(=O)O)cc(-c2ccccc2)cc1-n1ncnc1C(F)(F)F. The van der Waals surface area contributed by atoms with Crippen LogP contribution < -0.4 is 0 Å². The van der Waals surface area contributed by atoms with E-state index in [1.54, 1.807) is 30.3 Å². The standard InChI is InChI=1S/C17H12F3N3O2/c1-10-13(15(24)25)7-12(11-5-3-2-4-6-11)8-14(10)23-16(17(18,19)20)21-9-22-23/h2-9H,1H3,(H,24,25). The van der Waals surface area contributed by atoms with E-state index < -0.39 is 18.0 Å². The Bertz CT molecular complexity index is 934. The van der Waals surface area contributed by atoms with Gasteiger partial charge in [0.2, 0.25) is 5.82 Å². The Labute approximate surface area is 140 Å². The van der Waals surface area contributed by atoms with Gasteiger partial charge in [-0.05, 0) is 35.7 Å². The number of carboxylic acid groups (broad SMARTS) is 1. The highest BCUT2D eigenvalue weighted by atomic mass is 19.4. The third-order valence-electron chi connectivity index (χ3n) is 3.75. The van der Waals surface area contributed by atoms with E-state index in [1.807, 2.05) is 0 Å². The monoisotopic (exact) mass is 347 g/mol. The summed E-state index contributed by atoms with van der Waals surface area (Å²) < 4.78 is 40.0. The van der Waals surface area contributed by atoms with Gasteiger partial charge < -0.3 is 5.11 Å². The van der Waals surface area contributed by atoms with E-state index in [-0.39, 0.29) is 16.8 Å². The Morgan fingerprint density at radius 3 is 2.40 bits per heavy atom. The minimum atomic E-state index is -4.71. The van der Waals surface area contributed by atoms with Gasteiger partial charge in [0.05, 0.1) is 11.3 Å². The number of aromatic carboxylic acids is 1. The normalized spacial score (nSPS) is 11.5. The van der Waals surface area contributed by atoms with E-state index in [4.69, 9.17) is 0 Å². The average Bonchev–Trinajstić information content (AvgIpc) is 3.05. The molecule has 3 aromatic rings. The van der Waals surface area contributed by atoms with E-state index in [0.29, 0.717) is 15.8 Å². The van der Waals surface area contributed by atoms with Crippen molar-refractivity contribution in [2.24, 2.45) is 0 Å². The molecule has 0 atom stereocenters. The van der Waals surface area contributed by atoms with E-state index in [9.17, 15) is 23.1 Å². The fourth-order valence-corrected chi connectivity index (χ4v) is 2.55. The fraction of sp³-hybridized carbons (Fsp3) is 0.118. The quantitative estimate of drug-likeness (QED) is 0.779. The molecule has 1 N–H and O–H groups in total. The Morgan fingerprint density at radius 2 is 1.80 bits per heavy atom. The van der Waals surface area contributed by atoms with Crippen LogP contribution in [0.2, 0.25) is 0 Å². The smallest absolute Gasteiger partial charge is 0.451 e. The highest BCUT2D eigenvalue weighted by Gasteiger charge is 2.38. The van der Waals surface area contributed by atoms with E-state index in [2.05, 4.69) is 10.1 Å². The maximum atomic E-state index is 13.1. The first-order chi connectivity index (χ1) is 11.8. The molecule has 1 aromatic heterocycles. The number of halogens is 3. The number of carboxylic acids is 1. The molecule has 0 aliphatic rings. The molecule has 0 fully saturated rings. The second-order valence-corrected chi connectivity index (χ2v) is 5.33. The molecule has 1 heterocycles. The van der Waals surface area contributed by atoms with Crippen LogP contribution in [-0.4, -0.2) is 25.8 Å². The lowest BCUT2D eigenvalue weighted by Crippen LogP contribution is -2.16. The zero-order valence-electron chi connectivity index (χ0n) is 12.9. The molecule has 128 valence electrons. The van der Waals surface area contributed by atoms with Crippen LogP contribution in [0.15, 0.2) is 48.8 Å². The van der Waals surface area contributed by atoms with Crippen LogP contribution in [0.4, 0.5) is 13.2 Å². The zero-order chi connectivity index (χ0) is 18.2. The summed E-state index contributed by atoms with van der Waals surface area (Å²) in [5.41, 5.74) is 1.24. The van der Waals surface area contributed by atoms with Crippen molar-refractivity contribution in [2.45, 2.75) is 13.1 Å². The van der Waals surface area contributed by atoms with Crippen molar-refractivity contribution in [1.82, 2.24) is 14.8 Å². The number of hydrogen-bond acceptors (Lipinski definition) is 3. The van der Waals surface area contributed by atoms with Crippen molar-refractivity contribution in [3.63, 3.8) is 0 Å². The number of rotatable bonds is 3. The summed E-state index contributed by atoms with van der Waals surface area (Å²) in [7, 11) is 0. The first-order valence-corrected chi connectivity index (χ1v) is 7.20. The van der Waals surface area contributed by atoms with Gasteiger partial charge in [-0.3, -0.25) is 0 Å². The molecular weight excluding hydrogens is 335 g/mol. The van der Waals surface area contributed by atoms with Gasteiger partial charge in [0.15, 0.2) is 0 Å². The van der Waals surface area contributed by atoms with Gasteiger partial charge in [0, 0.05) is 0 Å². The molecule has 8 heteroatoms. The molecule has 0 aliphatic carbocycles. The lowest BCUT2D eigenvalue weighted by molar-refractivity contribution is -0.146. The average molecular weight is 347 g/mol. The van der Waals surface area contributed by atoms with Crippen LogP contribution >= 0.6 is 0 Å². The largest absolute Gasteiger partial charge is 0.478 e. The minimum Gasteiger partial charge on any atom is -0.478 e. The predicted octanol–water partition coefficient (Wildman–Crippen LogP) is 3.96. The number of benzene rings is 2. The van der Waals surface area contributed by atoms with E-state index in [0.717, 1.165) is 6.33 Å². The molecule has 3 rings (SSSR count). The maximum absolute atomic E-state index is 13.1. The number of nitrogens with zero attached hydrogens (tertiary/aromatic N) is 3. The molecule has 25 heavy (non-hydrogen) atoms. The van der Waals surface area contributed by atoms with E-state index >= 15 is 0 Å². The van der Waals surface area contributed by atoms with Crippen molar-refractivity contribution >= 4 is 5.97 Å². The van der Waals surface area contributed by atoms with Gasteiger partial charge in [-0.25, -0.2) is 14.5 Å². The Hall–Kier alpha value is -3.16. The molecule has 0 amide bonds. The van der Waals surface area contributed by atoms with Crippen molar-refractivity contribution in [3.8, 4) is 16.8 Å². The number of hydrogen-bond donors (Lipinski definition) is 1. The fourth-order valence-electron chi connectivity index (χ4n) is 2.55. The van der Waals surface area contributed by atoms with Crippen LogP contribution in [0.1, 0.15) is 21.7 Å². The van der Waals surface area contributed by atoms with Crippen molar-refractivity contribution in [3.05, 3.63) is 65.7 Å². The van der Waals surface area contributed by atoms with Gasteiger partial charge in [-0.2, -0.15) is 18.3 Å². The van der Waals surface area contributed by atoms with Gasteiger partial charge in [0.25, 0.3) is 0 Å². The molecular formula is C17H12F3N3O2. The zero-order valence-corrected chi connectivity index (χ0v) is 12.9. The Kier molecular flexibility index (Phi) is 4.03. The first-order valence-electron chi connectivity index (χ1n) is 7.20. The third kappa shape index (κ3) is 3.10. The summed E-state index contributed by atoms with van der Waals surface area (Å²) in [6, 6.07) is 11.7. The van der Waals surface area contributed by atoms with Gasteiger partial charge in [-0.1, -0.05) is 30.3 Å². The van der Waals surface area contributed by atoms with Gasteiger partial charge in [-0.15, -0.1) is 0 Å². The molecule has 0 aliphatic heterocycles. The van der Waals surface area contributed by atoms with Crippen molar-refractivity contribution < 1.29 is 23.1 Å². The van der Waals surface area contributed by atoms with E-state index in [1.165, 1.54) is 19.1 Å². The summed E-state index contributed by atoms with van der Waals surface area (Å²) in [6.45, 7) is 1.44. The van der Waals surface area contributed by atoms with Crippen molar-refractivity contribution in [1.29, 1.82) is 0 Å². The minimum absolute atomic E-state index is 0.0172. The molecule has 2 aromatic carbocycles. The summed E-state index contributed by atoms with van der Waals surface area (Å²) in [5, 5.41) is 13.1. The van der Waals surface area contributed by atoms with Crippen LogP contribution in [0, 0.1) is 6.92 Å². The van der Waals surface area contributed by atoms with Gasteiger partial charge >= 0.3 is 12.1 Å². The lowest BCUT2D eigenvalue weighted by atomic mass is 9.98. The third-order valence-corrected chi connectivity index (χ3v) is 3.75. The summed E-state index contributed by atoms with van der Waals surface area (Å²) >= 11 is 0. The predicted molar refractivity (Wildman–Crippen MR) is 83.5 cm³/mol. The van der Waals surface area contributed by atoms with Crippen LogP contribution in [0.25, 0.3) is 16.8 Å². The van der Waals surface area contributed by atoms with Crippen LogP contribution in [0.3, 0.4) is 0 Å². The molecule has 0 spiro atoms. The molecule has 0 saturated carbocycles. The highest BCUT2D eigenvalue weighted by Crippen LogP contribution is 2.32. The van der Waals surface area contributed by atoms with Crippen LogP contribution in [-0.2, 0) is 6.18 Å². The number of alkyl halides is 3. The topological polar surface area (TPSA) is 68.0 Å². The Morgan fingerprint density at radius 1 is 1.12 bits per heavy atom. The molecule has 0 unspecified atom stereocenters. The van der Waals surface area contributed by atoms with Gasteiger partial charge in [0.1, 0.15) is 6.33 Å². The number of carbonyl (C=O) groups is 1. The molecule has 5 nitrogen and oxygen atoms in total. The molecule has 0 saturated heterocycles. The second kappa shape index (κ2) is 6.04. The highest BCUT2D eigenvalue weighted by molar-refractivity contribution is 5.92. The lowest BCUT2D eigenvalue weighted by Gasteiger charge is -2.15. The Balaban J connectivity index is 2.29. The summed E-state index contributed by atoms with van der Waals surface area (Å²) in [4.78, 5) is 14.8. The summed E-state index contributed by atoms with van der Waals surface area (Å²) in [5.74, 6) is -2.44. The molecule has 0 bridgehead atoms. The maximum Gasteiger partial charge on any atom is 0.451 e. The second-order valence-electron chi connectivity index (χ2n) is 5.33. The van der Waals surface area contributed by atoms with Crippen LogP contribution in [0.5, 0.6) is 0 Å². The molecule has 0 radical (unpaired) electrons. The van der Waals surface area contributed by atoms with Crippen molar-refractivity contribution in [2.75, 3.05) is 0 Å². The first kappa shape index (κ1) is 16.7. The number of aromatic nitrogens is 3.